The zero-order valence-corrected chi connectivity index (χ0v) is 18.5. The van der Waals surface area contributed by atoms with Gasteiger partial charge < -0.3 is 9.30 Å². The van der Waals surface area contributed by atoms with Gasteiger partial charge in [0.25, 0.3) is 0 Å². The number of nitrogens with zero attached hydrogens (tertiary/aromatic N) is 5. The third kappa shape index (κ3) is 4.21. The monoisotopic (exact) mass is 425 g/mol. The minimum absolute atomic E-state index is 0.416. The van der Waals surface area contributed by atoms with Crippen molar-refractivity contribution in [3.05, 3.63) is 89.5 Å². The zero-order chi connectivity index (χ0) is 21.9. The van der Waals surface area contributed by atoms with Crippen molar-refractivity contribution < 1.29 is 4.74 Å². The summed E-state index contributed by atoms with van der Waals surface area (Å²) in [5.41, 5.74) is 4.32. The molecular weight excluding hydrogens is 398 g/mol. The van der Waals surface area contributed by atoms with Crippen LogP contribution >= 0.6 is 0 Å². The lowest BCUT2D eigenvalue weighted by Gasteiger charge is -2.22. The summed E-state index contributed by atoms with van der Waals surface area (Å²) in [7, 11) is 1.69. The summed E-state index contributed by atoms with van der Waals surface area (Å²) in [4.78, 5) is 9.18. The van der Waals surface area contributed by atoms with Crippen molar-refractivity contribution in [3.63, 3.8) is 0 Å². The van der Waals surface area contributed by atoms with Gasteiger partial charge in [0.1, 0.15) is 11.6 Å². The molecule has 32 heavy (non-hydrogen) atoms. The van der Waals surface area contributed by atoms with E-state index in [1.807, 2.05) is 42.0 Å². The van der Waals surface area contributed by atoms with Crippen LogP contribution in [0.2, 0.25) is 0 Å². The van der Waals surface area contributed by atoms with E-state index in [0.29, 0.717) is 5.92 Å². The Bertz CT molecular complexity index is 1240. The summed E-state index contributed by atoms with van der Waals surface area (Å²) in [5.74, 6) is 3.07. The molecule has 0 amide bonds. The summed E-state index contributed by atoms with van der Waals surface area (Å²) in [5, 5.41) is 4.74. The van der Waals surface area contributed by atoms with Crippen molar-refractivity contribution in [3.8, 4) is 11.4 Å². The molecule has 162 valence electrons. The number of fused-ring (bicyclic) bond motifs is 1. The van der Waals surface area contributed by atoms with Gasteiger partial charge in [0, 0.05) is 18.7 Å². The van der Waals surface area contributed by atoms with Gasteiger partial charge in [-0.1, -0.05) is 42.5 Å². The number of imidazole rings is 1. The summed E-state index contributed by atoms with van der Waals surface area (Å²) in [6, 6.07) is 16.8. The molecule has 4 aromatic rings. The fourth-order valence-electron chi connectivity index (χ4n) is 4.35. The van der Waals surface area contributed by atoms with E-state index in [4.69, 9.17) is 14.8 Å². The fourth-order valence-corrected chi connectivity index (χ4v) is 4.35. The van der Waals surface area contributed by atoms with Crippen molar-refractivity contribution in [1.29, 1.82) is 0 Å². The SMILES string of the molecule is COc1cc(/C=C/c2nc3n(n2)CCCC3Cc2ccccc2)ccc1-n1cnc(C)c1. The minimum atomic E-state index is 0.416. The Morgan fingerprint density at radius 2 is 2.00 bits per heavy atom. The second kappa shape index (κ2) is 8.83. The number of hydrogen-bond donors (Lipinski definition) is 0. The third-order valence-electron chi connectivity index (χ3n) is 5.95. The van der Waals surface area contributed by atoms with Crippen LogP contribution in [-0.4, -0.2) is 31.4 Å². The molecule has 0 spiro atoms. The molecule has 1 unspecified atom stereocenters. The highest BCUT2D eigenvalue weighted by molar-refractivity contribution is 5.69. The van der Waals surface area contributed by atoms with Gasteiger partial charge in [-0.2, -0.15) is 5.10 Å². The summed E-state index contributed by atoms with van der Waals surface area (Å²) < 4.78 is 9.68. The van der Waals surface area contributed by atoms with Crippen LogP contribution in [0.3, 0.4) is 0 Å². The first-order chi connectivity index (χ1) is 15.7. The molecule has 0 fully saturated rings. The Morgan fingerprint density at radius 3 is 2.78 bits per heavy atom. The zero-order valence-electron chi connectivity index (χ0n) is 18.5. The van der Waals surface area contributed by atoms with Gasteiger partial charge in [0.15, 0.2) is 5.82 Å². The molecule has 0 saturated carbocycles. The van der Waals surface area contributed by atoms with Gasteiger partial charge in [-0.3, -0.25) is 0 Å². The molecule has 5 rings (SSSR count). The van der Waals surface area contributed by atoms with E-state index in [1.165, 1.54) is 5.56 Å². The maximum Gasteiger partial charge on any atom is 0.174 e. The summed E-state index contributed by atoms with van der Waals surface area (Å²) >= 11 is 0. The Balaban J connectivity index is 1.36. The maximum absolute atomic E-state index is 5.62. The lowest BCUT2D eigenvalue weighted by atomic mass is 9.92. The Hall–Kier alpha value is -3.67. The van der Waals surface area contributed by atoms with Crippen LogP contribution in [0.5, 0.6) is 5.75 Å². The highest BCUT2D eigenvalue weighted by Gasteiger charge is 2.24. The molecule has 1 atom stereocenters. The standard InChI is InChI=1S/C26H27N5O/c1-19-17-30(18-27-19)23-12-10-21(16-24(23)32-2)11-13-25-28-26-22(9-6-14-31(26)29-25)15-20-7-4-3-5-8-20/h3-5,7-8,10-13,16-18,22H,6,9,14-15H2,1-2H3/b13-11+. The highest BCUT2D eigenvalue weighted by atomic mass is 16.5. The molecule has 1 aliphatic heterocycles. The first-order valence-electron chi connectivity index (χ1n) is 11.1. The number of rotatable bonds is 6. The van der Waals surface area contributed by atoms with E-state index >= 15 is 0 Å². The number of hydrogen-bond acceptors (Lipinski definition) is 4. The highest BCUT2D eigenvalue weighted by Crippen LogP contribution is 2.30. The maximum atomic E-state index is 5.62. The second-order valence-corrected chi connectivity index (χ2v) is 8.27. The van der Waals surface area contributed by atoms with E-state index in [2.05, 4.69) is 46.1 Å². The first kappa shape index (κ1) is 20.2. The second-order valence-electron chi connectivity index (χ2n) is 8.27. The molecule has 2 aromatic carbocycles. The van der Waals surface area contributed by atoms with Crippen molar-refractivity contribution >= 4 is 12.2 Å². The van der Waals surface area contributed by atoms with Gasteiger partial charge in [-0.05, 0) is 55.5 Å². The molecule has 0 N–H and O–H groups in total. The van der Waals surface area contributed by atoms with Crippen molar-refractivity contribution in [1.82, 2.24) is 24.3 Å². The van der Waals surface area contributed by atoms with Crippen LogP contribution in [0, 0.1) is 6.92 Å². The molecule has 3 heterocycles. The van der Waals surface area contributed by atoms with Gasteiger partial charge >= 0.3 is 0 Å². The number of ether oxygens (including phenoxy) is 1. The van der Waals surface area contributed by atoms with E-state index in [-0.39, 0.29) is 0 Å². The van der Waals surface area contributed by atoms with Crippen molar-refractivity contribution in [2.24, 2.45) is 0 Å². The van der Waals surface area contributed by atoms with Crippen LogP contribution in [0.15, 0.2) is 61.1 Å². The number of aryl methyl sites for hydroxylation is 2. The average Bonchev–Trinajstić information content (AvgIpc) is 3.44. The Labute approximate surface area is 188 Å². The average molecular weight is 426 g/mol. The molecule has 6 heteroatoms. The normalized spacial score (nSPS) is 15.8. The molecular formula is C26H27N5O. The van der Waals surface area contributed by atoms with E-state index in [0.717, 1.165) is 60.2 Å². The number of methoxy groups -OCH3 is 1. The molecule has 0 radical (unpaired) electrons. The minimum Gasteiger partial charge on any atom is -0.495 e. The van der Waals surface area contributed by atoms with E-state index < -0.39 is 0 Å². The predicted molar refractivity (Wildman–Crippen MR) is 126 cm³/mol. The first-order valence-corrected chi connectivity index (χ1v) is 11.1. The predicted octanol–water partition coefficient (Wildman–Crippen LogP) is 5.07. The molecule has 0 bridgehead atoms. The summed E-state index contributed by atoms with van der Waals surface area (Å²) in [6.07, 6.45) is 11.1. The van der Waals surface area contributed by atoms with Gasteiger partial charge in [-0.15, -0.1) is 0 Å². The smallest absolute Gasteiger partial charge is 0.174 e. The van der Waals surface area contributed by atoms with Gasteiger partial charge in [0.2, 0.25) is 0 Å². The molecule has 1 aliphatic rings. The molecule has 6 nitrogen and oxygen atoms in total. The van der Waals surface area contributed by atoms with Gasteiger partial charge in [0.05, 0.1) is 24.8 Å². The van der Waals surface area contributed by atoms with Crippen LogP contribution < -0.4 is 4.74 Å². The number of aromatic nitrogens is 5. The van der Waals surface area contributed by atoms with Crippen molar-refractivity contribution in [2.45, 2.75) is 38.6 Å². The lowest BCUT2D eigenvalue weighted by molar-refractivity contribution is 0.413. The van der Waals surface area contributed by atoms with Crippen LogP contribution in [0.25, 0.3) is 17.8 Å². The van der Waals surface area contributed by atoms with E-state index in [9.17, 15) is 0 Å². The van der Waals surface area contributed by atoms with E-state index in [1.54, 1.807) is 13.4 Å². The Morgan fingerprint density at radius 1 is 1.12 bits per heavy atom. The topological polar surface area (TPSA) is 57.8 Å². The molecule has 2 aromatic heterocycles. The Kier molecular flexibility index (Phi) is 5.58. The quantitative estimate of drug-likeness (QED) is 0.433. The molecule has 0 aliphatic carbocycles. The van der Waals surface area contributed by atoms with Crippen LogP contribution in [-0.2, 0) is 13.0 Å². The van der Waals surface area contributed by atoms with Crippen LogP contribution in [0.4, 0.5) is 0 Å². The largest absolute Gasteiger partial charge is 0.495 e. The molecule has 0 saturated heterocycles. The summed E-state index contributed by atoms with van der Waals surface area (Å²) in [6.45, 7) is 2.91. The van der Waals surface area contributed by atoms with Crippen molar-refractivity contribution in [2.75, 3.05) is 7.11 Å². The van der Waals surface area contributed by atoms with Crippen LogP contribution in [0.1, 0.15) is 47.2 Å². The van der Waals surface area contributed by atoms with Gasteiger partial charge in [-0.25, -0.2) is 14.6 Å². The third-order valence-corrected chi connectivity index (χ3v) is 5.95. The number of benzene rings is 2. The fraction of sp³-hybridized carbons (Fsp3) is 0.269. The lowest BCUT2D eigenvalue weighted by Crippen LogP contribution is -2.18.